The van der Waals surface area contributed by atoms with Crippen LogP contribution in [0.25, 0.3) is 4.96 Å². The lowest BCUT2D eigenvalue weighted by Crippen LogP contribution is -2.34. The lowest BCUT2D eigenvalue weighted by atomic mass is 10.2. The van der Waals surface area contributed by atoms with Crippen molar-refractivity contribution in [2.24, 2.45) is 0 Å². The lowest BCUT2D eigenvalue weighted by molar-refractivity contribution is -0.389. The maximum Gasteiger partial charge on any atom is 0.373 e. The Balaban J connectivity index is 1.93. The Hall–Kier alpha value is -1.67. The second-order valence-electron chi connectivity index (χ2n) is 5.03. The summed E-state index contributed by atoms with van der Waals surface area (Å²) in [6.07, 6.45) is 2.73. The largest absolute Gasteiger partial charge is 0.373 e. The van der Waals surface area contributed by atoms with E-state index < -0.39 is 0 Å². The summed E-state index contributed by atoms with van der Waals surface area (Å²) in [5.41, 5.74) is 0. The molecule has 1 atom stereocenters. The van der Waals surface area contributed by atoms with Gasteiger partial charge in [0.25, 0.3) is 4.96 Å². The molecule has 0 bridgehead atoms. The van der Waals surface area contributed by atoms with Crippen molar-refractivity contribution in [2.45, 2.75) is 19.4 Å². The molecule has 108 valence electrons. The molecule has 2 aromatic heterocycles. The Morgan fingerprint density at radius 3 is 3.15 bits per heavy atom. The molecule has 1 aliphatic rings. The summed E-state index contributed by atoms with van der Waals surface area (Å²) < 4.78 is 1.57. The van der Waals surface area contributed by atoms with Crippen LogP contribution < -0.4 is 4.90 Å². The summed E-state index contributed by atoms with van der Waals surface area (Å²) in [4.78, 5) is 20.4. The van der Waals surface area contributed by atoms with Crippen LogP contribution in [0.5, 0.6) is 0 Å². The van der Waals surface area contributed by atoms with Crippen molar-refractivity contribution in [3.8, 4) is 0 Å². The van der Waals surface area contributed by atoms with E-state index in [9.17, 15) is 10.1 Å². The quantitative estimate of drug-likeness (QED) is 0.636. The molecule has 8 heteroatoms. The van der Waals surface area contributed by atoms with Crippen molar-refractivity contribution in [1.82, 2.24) is 14.3 Å². The summed E-state index contributed by atoms with van der Waals surface area (Å²) in [6, 6.07) is 0.444. The third-order valence-electron chi connectivity index (χ3n) is 3.98. The zero-order valence-electron chi connectivity index (χ0n) is 11.5. The predicted molar refractivity (Wildman–Crippen MR) is 78.6 cm³/mol. The molecule has 3 rings (SSSR count). The van der Waals surface area contributed by atoms with Gasteiger partial charge in [-0.1, -0.05) is 18.3 Å². The van der Waals surface area contributed by atoms with Crippen molar-refractivity contribution < 1.29 is 4.92 Å². The van der Waals surface area contributed by atoms with E-state index in [1.54, 1.807) is 10.6 Å². The van der Waals surface area contributed by atoms with E-state index in [-0.39, 0.29) is 10.7 Å². The smallest absolute Gasteiger partial charge is 0.358 e. The molecule has 0 saturated carbocycles. The van der Waals surface area contributed by atoms with E-state index in [0.29, 0.717) is 16.8 Å². The monoisotopic (exact) mass is 295 g/mol. The number of thiazole rings is 1. The van der Waals surface area contributed by atoms with Gasteiger partial charge in [-0.25, -0.2) is 0 Å². The summed E-state index contributed by atoms with van der Waals surface area (Å²) in [6.45, 7) is 4.73. The van der Waals surface area contributed by atoms with Gasteiger partial charge in [0.2, 0.25) is 5.82 Å². The van der Waals surface area contributed by atoms with Crippen molar-refractivity contribution in [3.05, 3.63) is 21.7 Å². The van der Waals surface area contributed by atoms with Crippen LogP contribution in [0, 0.1) is 10.1 Å². The third kappa shape index (κ3) is 2.04. The Kier molecular flexibility index (Phi) is 3.35. The maximum atomic E-state index is 11.3. The normalized spacial score (nSPS) is 19.4. The first-order valence-corrected chi connectivity index (χ1v) is 7.55. The van der Waals surface area contributed by atoms with Gasteiger partial charge < -0.3 is 19.9 Å². The number of anilines is 1. The fourth-order valence-corrected chi connectivity index (χ4v) is 3.40. The van der Waals surface area contributed by atoms with Gasteiger partial charge in [-0.3, -0.25) is 0 Å². The van der Waals surface area contributed by atoms with Crippen LogP contribution in [-0.2, 0) is 0 Å². The fourth-order valence-electron chi connectivity index (χ4n) is 2.70. The Morgan fingerprint density at radius 2 is 2.45 bits per heavy atom. The topological polar surface area (TPSA) is 66.9 Å². The first kappa shape index (κ1) is 13.3. The molecular weight excluding hydrogens is 278 g/mol. The van der Waals surface area contributed by atoms with Gasteiger partial charge in [-0.2, -0.15) is 9.38 Å². The van der Waals surface area contributed by atoms with E-state index >= 15 is 0 Å². The number of aromatic nitrogens is 2. The predicted octanol–water partition coefficient (Wildman–Crippen LogP) is 1.83. The second kappa shape index (κ2) is 5.02. The van der Waals surface area contributed by atoms with Crippen LogP contribution in [0.3, 0.4) is 0 Å². The number of rotatable bonds is 4. The van der Waals surface area contributed by atoms with Gasteiger partial charge in [-0.15, -0.1) is 0 Å². The lowest BCUT2D eigenvalue weighted by Gasteiger charge is -2.22. The van der Waals surface area contributed by atoms with Crippen molar-refractivity contribution >= 4 is 27.9 Å². The van der Waals surface area contributed by atoms with Crippen molar-refractivity contribution in [2.75, 3.05) is 31.6 Å². The zero-order valence-corrected chi connectivity index (χ0v) is 12.3. The fraction of sp³-hybridized carbons (Fsp3) is 0.583. The highest BCUT2D eigenvalue weighted by molar-refractivity contribution is 7.15. The Bertz CT molecular complexity index is 637. The molecule has 0 N–H and O–H groups in total. The first-order valence-electron chi connectivity index (χ1n) is 6.67. The van der Waals surface area contributed by atoms with Crippen LogP contribution in [0.15, 0.2) is 11.6 Å². The van der Waals surface area contributed by atoms with E-state index in [2.05, 4.69) is 23.9 Å². The molecular formula is C12H17N5O2S. The van der Waals surface area contributed by atoms with Gasteiger partial charge in [-0.05, 0) is 24.9 Å². The molecule has 7 nitrogen and oxygen atoms in total. The number of nitrogens with zero attached hydrogens (tertiary/aromatic N) is 5. The molecule has 1 fully saturated rings. The van der Waals surface area contributed by atoms with Crippen molar-refractivity contribution in [3.63, 3.8) is 0 Å². The summed E-state index contributed by atoms with van der Waals surface area (Å²) in [5.74, 6) is 0.593. The van der Waals surface area contributed by atoms with E-state index in [0.717, 1.165) is 26.1 Å². The zero-order chi connectivity index (χ0) is 14.3. The highest BCUT2D eigenvalue weighted by Gasteiger charge is 2.33. The van der Waals surface area contributed by atoms with Gasteiger partial charge >= 0.3 is 5.82 Å². The molecule has 0 aliphatic carbocycles. The molecule has 1 unspecified atom stereocenters. The average Bonchev–Trinajstić information content (AvgIpc) is 3.10. The first-order chi connectivity index (χ1) is 9.61. The van der Waals surface area contributed by atoms with Crippen LogP contribution in [0.1, 0.15) is 13.3 Å². The van der Waals surface area contributed by atoms with E-state index in [1.807, 2.05) is 10.3 Å². The van der Waals surface area contributed by atoms with Crippen LogP contribution in [0.2, 0.25) is 0 Å². The van der Waals surface area contributed by atoms with Gasteiger partial charge in [0.05, 0.1) is 0 Å². The molecule has 0 aromatic carbocycles. The van der Waals surface area contributed by atoms with Crippen molar-refractivity contribution in [1.29, 1.82) is 0 Å². The van der Waals surface area contributed by atoms with Gasteiger partial charge in [0.15, 0.2) is 0 Å². The molecule has 0 radical (unpaired) electrons. The minimum Gasteiger partial charge on any atom is -0.358 e. The molecule has 1 saturated heterocycles. The second-order valence-corrected chi connectivity index (χ2v) is 5.91. The molecule has 20 heavy (non-hydrogen) atoms. The summed E-state index contributed by atoms with van der Waals surface area (Å²) in [5, 5.41) is 13.2. The molecule has 0 amide bonds. The third-order valence-corrected chi connectivity index (χ3v) is 4.73. The van der Waals surface area contributed by atoms with E-state index in [1.165, 1.54) is 11.3 Å². The highest BCUT2D eigenvalue weighted by atomic mass is 32.1. The Labute approximate surface area is 120 Å². The number of nitro groups is 1. The number of likely N-dealkylation sites (N-methyl/N-ethyl adjacent to an activating group) is 1. The van der Waals surface area contributed by atoms with Crippen LogP contribution in [-0.4, -0.2) is 51.9 Å². The van der Waals surface area contributed by atoms with Gasteiger partial charge in [0.1, 0.15) is 6.20 Å². The number of hydrogen-bond acceptors (Lipinski definition) is 6. The van der Waals surface area contributed by atoms with E-state index in [4.69, 9.17) is 0 Å². The van der Waals surface area contributed by atoms with Crippen LogP contribution >= 0.6 is 11.3 Å². The Morgan fingerprint density at radius 1 is 1.65 bits per heavy atom. The minimum atomic E-state index is -0.334. The summed E-state index contributed by atoms with van der Waals surface area (Å²) >= 11 is 1.42. The number of imidazole rings is 1. The molecule has 3 heterocycles. The molecule has 2 aromatic rings. The standard InChI is InChI=1S/C12H17N5O2S/c1-3-14(2)9-4-5-15(8-9)10-11(17(18)19)16-6-7-20-12(16)13-10/h6-7,9H,3-5,8H2,1-2H3. The highest BCUT2D eigenvalue weighted by Crippen LogP contribution is 2.33. The maximum absolute atomic E-state index is 11.3. The number of hydrogen-bond donors (Lipinski definition) is 0. The van der Waals surface area contributed by atoms with Crippen LogP contribution in [0.4, 0.5) is 11.6 Å². The average molecular weight is 295 g/mol. The molecule has 0 spiro atoms. The minimum absolute atomic E-state index is 0.0843. The SMILES string of the molecule is CCN(C)C1CCN(c2nc3sccn3c2[N+](=O)[O-])C1. The van der Waals surface area contributed by atoms with Gasteiger partial charge in [0, 0.05) is 24.5 Å². The summed E-state index contributed by atoms with van der Waals surface area (Å²) in [7, 11) is 2.09. The number of fused-ring (bicyclic) bond motifs is 1. The molecule has 1 aliphatic heterocycles.